The molecule has 1 fully saturated rings. The Morgan fingerprint density at radius 3 is 2.90 bits per heavy atom. The van der Waals surface area contributed by atoms with Gasteiger partial charge in [-0.1, -0.05) is 25.4 Å². The Morgan fingerprint density at radius 1 is 1.45 bits per heavy atom. The van der Waals surface area contributed by atoms with Crippen LogP contribution in [0, 0.1) is 5.82 Å². The van der Waals surface area contributed by atoms with E-state index in [1.54, 1.807) is 12.1 Å². The molecule has 2 rings (SSSR count). The number of benzene rings is 1. The Balaban J connectivity index is 2.21. The van der Waals surface area contributed by atoms with Crippen molar-refractivity contribution in [2.75, 3.05) is 25.4 Å². The highest BCUT2D eigenvalue weighted by Gasteiger charge is 2.28. The summed E-state index contributed by atoms with van der Waals surface area (Å²) in [5.41, 5.74) is 6.53. The summed E-state index contributed by atoms with van der Waals surface area (Å²) in [6.45, 7) is 6.80. The van der Waals surface area contributed by atoms with Crippen LogP contribution >= 0.6 is 23.4 Å². The van der Waals surface area contributed by atoms with Gasteiger partial charge in [0, 0.05) is 46.8 Å². The molecule has 1 aromatic rings. The van der Waals surface area contributed by atoms with Gasteiger partial charge in [0.1, 0.15) is 5.82 Å². The lowest BCUT2D eigenvalue weighted by Crippen LogP contribution is -2.36. The molecule has 0 amide bonds. The summed E-state index contributed by atoms with van der Waals surface area (Å²) in [4.78, 5) is 2.29. The van der Waals surface area contributed by atoms with E-state index in [9.17, 15) is 4.39 Å². The molecule has 0 saturated carbocycles. The van der Waals surface area contributed by atoms with Crippen molar-refractivity contribution in [3.63, 3.8) is 0 Å². The van der Waals surface area contributed by atoms with Crippen LogP contribution in [0.4, 0.5) is 4.39 Å². The molecule has 1 aliphatic rings. The predicted molar refractivity (Wildman–Crippen MR) is 85.9 cm³/mol. The first-order valence-electron chi connectivity index (χ1n) is 6.96. The van der Waals surface area contributed by atoms with Crippen LogP contribution in [-0.2, 0) is 0 Å². The lowest BCUT2D eigenvalue weighted by molar-refractivity contribution is 0.207. The van der Waals surface area contributed by atoms with Crippen LogP contribution in [0.5, 0.6) is 0 Å². The molecule has 1 unspecified atom stereocenters. The van der Waals surface area contributed by atoms with Crippen LogP contribution in [0.15, 0.2) is 18.2 Å². The second kappa shape index (κ2) is 6.65. The maximum absolute atomic E-state index is 14.1. The Labute approximate surface area is 129 Å². The molecule has 0 bridgehead atoms. The summed E-state index contributed by atoms with van der Waals surface area (Å²) >= 11 is 7.98. The summed E-state index contributed by atoms with van der Waals surface area (Å²) in [6.07, 6.45) is 1.08. The van der Waals surface area contributed by atoms with Gasteiger partial charge in [-0.2, -0.15) is 11.8 Å². The van der Waals surface area contributed by atoms with Gasteiger partial charge >= 0.3 is 0 Å². The average Bonchev–Trinajstić information content (AvgIpc) is 2.56. The third-order valence-electron chi connectivity index (χ3n) is 3.85. The fourth-order valence-electron chi connectivity index (χ4n) is 2.59. The van der Waals surface area contributed by atoms with E-state index in [2.05, 4.69) is 18.7 Å². The minimum atomic E-state index is -0.221. The first-order valence-corrected chi connectivity index (χ1v) is 8.32. The second-order valence-electron chi connectivity index (χ2n) is 5.81. The van der Waals surface area contributed by atoms with E-state index in [1.807, 2.05) is 11.8 Å². The summed E-state index contributed by atoms with van der Waals surface area (Å²) in [6, 6.07) is 4.62. The van der Waals surface area contributed by atoms with Gasteiger partial charge in [-0.05, 0) is 24.6 Å². The maximum Gasteiger partial charge on any atom is 0.128 e. The van der Waals surface area contributed by atoms with Gasteiger partial charge in [0.25, 0.3) is 0 Å². The number of rotatable bonds is 3. The molecule has 0 aromatic heterocycles. The zero-order valence-corrected chi connectivity index (χ0v) is 13.6. The fourth-order valence-corrected chi connectivity index (χ4v) is 3.88. The van der Waals surface area contributed by atoms with Crippen molar-refractivity contribution in [1.29, 1.82) is 0 Å². The standard InChI is InChI=1S/C15H22ClFN2S/c1-15(2)5-6-19(7-8-20-15)14(10-18)12-9-11(16)3-4-13(12)17/h3-4,9,14H,5-8,10,18H2,1-2H3. The predicted octanol–water partition coefficient (Wildman–Crippen LogP) is 3.70. The van der Waals surface area contributed by atoms with Crippen LogP contribution in [0.3, 0.4) is 0 Å². The van der Waals surface area contributed by atoms with Gasteiger partial charge in [-0.25, -0.2) is 4.39 Å². The normalized spacial score (nSPS) is 21.4. The fraction of sp³-hybridized carbons (Fsp3) is 0.600. The van der Waals surface area contributed by atoms with E-state index in [0.29, 0.717) is 17.1 Å². The van der Waals surface area contributed by atoms with Gasteiger partial charge in [-0.3, -0.25) is 4.90 Å². The Hall–Kier alpha value is -0.290. The van der Waals surface area contributed by atoms with Crippen molar-refractivity contribution in [1.82, 2.24) is 4.90 Å². The van der Waals surface area contributed by atoms with Crippen LogP contribution in [-0.4, -0.2) is 35.0 Å². The highest BCUT2D eigenvalue weighted by Crippen LogP contribution is 2.34. The number of thioether (sulfide) groups is 1. The molecule has 1 saturated heterocycles. The van der Waals surface area contributed by atoms with Crippen molar-refractivity contribution in [3.8, 4) is 0 Å². The molecule has 2 N–H and O–H groups in total. The largest absolute Gasteiger partial charge is 0.329 e. The van der Waals surface area contributed by atoms with E-state index in [1.165, 1.54) is 6.07 Å². The highest BCUT2D eigenvalue weighted by atomic mass is 35.5. The Bertz CT molecular complexity index is 467. The molecule has 0 radical (unpaired) electrons. The number of hydrogen-bond donors (Lipinski definition) is 1. The summed E-state index contributed by atoms with van der Waals surface area (Å²) < 4.78 is 14.3. The SMILES string of the molecule is CC1(C)CCN(C(CN)c2cc(Cl)ccc2F)CCS1. The van der Waals surface area contributed by atoms with Crippen molar-refractivity contribution in [2.24, 2.45) is 5.73 Å². The molecule has 1 heterocycles. The van der Waals surface area contributed by atoms with Crippen molar-refractivity contribution in [2.45, 2.75) is 31.1 Å². The molecule has 1 aromatic carbocycles. The Kier molecular flexibility index (Phi) is 5.35. The lowest BCUT2D eigenvalue weighted by atomic mass is 10.0. The average molecular weight is 317 g/mol. The van der Waals surface area contributed by atoms with E-state index in [0.717, 1.165) is 25.3 Å². The summed E-state index contributed by atoms with van der Waals surface area (Å²) in [7, 11) is 0. The topological polar surface area (TPSA) is 29.3 Å². The molecule has 2 nitrogen and oxygen atoms in total. The minimum Gasteiger partial charge on any atom is -0.329 e. The first-order chi connectivity index (χ1) is 9.43. The third-order valence-corrected chi connectivity index (χ3v) is 5.46. The summed E-state index contributed by atoms with van der Waals surface area (Å²) in [5.74, 6) is 0.826. The number of halogens is 2. The molecule has 1 atom stereocenters. The smallest absolute Gasteiger partial charge is 0.128 e. The molecule has 112 valence electrons. The molecular formula is C15H22ClFN2S. The Morgan fingerprint density at radius 2 is 2.20 bits per heavy atom. The highest BCUT2D eigenvalue weighted by molar-refractivity contribution is 8.00. The lowest BCUT2D eigenvalue weighted by Gasteiger charge is -2.30. The molecular weight excluding hydrogens is 295 g/mol. The monoisotopic (exact) mass is 316 g/mol. The van der Waals surface area contributed by atoms with Crippen molar-refractivity contribution in [3.05, 3.63) is 34.6 Å². The van der Waals surface area contributed by atoms with Crippen LogP contribution in [0.25, 0.3) is 0 Å². The van der Waals surface area contributed by atoms with Gasteiger partial charge in [0.05, 0.1) is 0 Å². The quantitative estimate of drug-likeness (QED) is 0.922. The van der Waals surface area contributed by atoms with Gasteiger partial charge in [0.2, 0.25) is 0 Å². The molecule has 0 aliphatic carbocycles. The van der Waals surface area contributed by atoms with E-state index in [4.69, 9.17) is 17.3 Å². The zero-order chi connectivity index (χ0) is 14.8. The number of hydrogen-bond acceptors (Lipinski definition) is 3. The first kappa shape index (κ1) is 16.1. The number of nitrogens with zero attached hydrogens (tertiary/aromatic N) is 1. The zero-order valence-electron chi connectivity index (χ0n) is 12.0. The van der Waals surface area contributed by atoms with Gasteiger partial charge < -0.3 is 5.73 Å². The van der Waals surface area contributed by atoms with Crippen molar-refractivity contribution < 1.29 is 4.39 Å². The molecule has 20 heavy (non-hydrogen) atoms. The minimum absolute atomic E-state index is 0.0943. The maximum atomic E-state index is 14.1. The van der Waals surface area contributed by atoms with Crippen LogP contribution in [0.2, 0.25) is 5.02 Å². The van der Waals surface area contributed by atoms with Crippen LogP contribution in [0.1, 0.15) is 31.9 Å². The van der Waals surface area contributed by atoms with E-state index >= 15 is 0 Å². The molecule has 5 heteroatoms. The van der Waals surface area contributed by atoms with Gasteiger partial charge in [0.15, 0.2) is 0 Å². The molecule has 1 aliphatic heterocycles. The van der Waals surface area contributed by atoms with Crippen LogP contribution < -0.4 is 5.73 Å². The second-order valence-corrected chi connectivity index (χ2v) is 8.05. The third kappa shape index (κ3) is 3.88. The van der Waals surface area contributed by atoms with E-state index in [-0.39, 0.29) is 16.6 Å². The molecule has 0 spiro atoms. The van der Waals surface area contributed by atoms with Crippen molar-refractivity contribution >= 4 is 23.4 Å². The number of nitrogens with two attached hydrogens (primary N) is 1. The van der Waals surface area contributed by atoms with Gasteiger partial charge in [-0.15, -0.1) is 0 Å². The van der Waals surface area contributed by atoms with E-state index < -0.39 is 0 Å². The summed E-state index contributed by atoms with van der Waals surface area (Å²) in [5, 5.41) is 0.560.